The molecule has 0 bridgehead atoms. The van der Waals surface area contributed by atoms with E-state index in [1.54, 1.807) is 0 Å². The van der Waals surface area contributed by atoms with Crippen LogP contribution in [0.1, 0.15) is 25.6 Å². The van der Waals surface area contributed by atoms with Crippen LogP contribution in [0.5, 0.6) is 0 Å². The maximum atomic E-state index is 12.2. The first-order chi connectivity index (χ1) is 7.11. The molecule has 1 heterocycles. The lowest BCUT2D eigenvalue weighted by Gasteiger charge is -2.14. The Morgan fingerprint density at radius 3 is 2.53 bits per heavy atom. The molecule has 0 unspecified atom stereocenters. The minimum Gasteiger partial charge on any atom is -0.310 e. The number of rotatable bonds is 1. The summed E-state index contributed by atoms with van der Waals surface area (Å²) in [5.41, 5.74) is 1.13. The van der Waals surface area contributed by atoms with Gasteiger partial charge in [-0.2, -0.15) is 0 Å². The van der Waals surface area contributed by atoms with Crippen LogP contribution in [0.4, 0.5) is 0 Å². The van der Waals surface area contributed by atoms with Gasteiger partial charge in [0.25, 0.3) is 5.56 Å². The van der Waals surface area contributed by atoms with E-state index in [9.17, 15) is 4.79 Å². The summed E-state index contributed by atoms with van der Waals surface area (Å²) in [6.45, 7) is 6.04. The molecule has 0 aliphatic carbocycles. The van der Waals surface area contributed by atoms with Gasteiger partial charge in [0.15, 0.2) is 0 Å². The molecule has 1 aromatic heterocycles. The predicted octanol–water partition coefficient (Wildman–Crippen LogP) is 2.89. The zero-order chi connectivity index (χ0) is 11.0. The molecule has 0 N–H and O–H groups in total. The van der Waals surface area contributed by atoms with E-state index in [0.717, 1.165) is 16.5 Å². The standard InChI is InChI=1S/C13H15NO/c1-9(2)14-10(3)8-11-6-4-5-7-12(11)13(14)15/h4-9H,1-3H3. The first-order valence-corrected chi connectivity index (χ1v) is 5.22. The van der Waals surface area contributed by atoms with E-state index in [2.05, 4.69) is 6.07 Å². The van der Waals surface area contributed by atoms with Crippen LogP contribution in [0.25, 0.3) is 10.8 Å². The van der Waals surface area contributed by atoms with Crippen LogP contribution in [0.2, 0.25) is 0 Å². The minimum atomic E-state index is 0.112. The van der Waals surface area contributed by atoms with E-state index < -0.39 is 0 Å². The third-order valence-corrected chi connectivity index (χ3v) is 2.67. The molecule has 0 aliphatic heterocycles. The molecular formula is C13H15NO. The number of benzene rings is 1. The van der Waals surface area contributed by atoms with Gasteiger partial charge in [0.05, 0.1) is 0 Å². The Labute approximate surface area is 89.2 Å². The molecule has 0 spiro atoms. The molecule has 1 aromatic carbocycles. The monoisotopic (exact) mass is 201 g/mol. The van der Waals surface area contributed by atoms with Crippen molar-refractivity contribution in [3.63, 3.8) is 0 Å². The van der Waals surface area contributed by atoms with Crippen LogP contribution in [0.15, 0.2) is 35.1 Å². The Kier molecular flexibility index (Phi) is 2.35. The number of aromatic nitrogens is 1. The second-order valence-corrected chi connectivity index (χ2v) is 4.14. The van der Waals surface area contributed by atoms with Gasteiger partial charge in [0, 0.05) is 17.1 Å². The van der Waals surface area contributed by atoms with E-state index in [4.69, 9.17) is 0 Å². The average molecular weight is 201 g/mol. The summed E-state index contributed by atoms with van der Waals surface area (Å²) in [7, 11) is 0. The van der Waals surface area contributed by atoms with Crippen molar-refractivity contribution in [2.24, 2.45) is 0 Å². The molecule has 0 aliphatic rings. The van der Waals surface area contributed by atoms with Crippen LogP contribution in [-0.4, -0.2) is 4.57 Å². The highest BCUT2D eigenvalue weighted by atomic mass is 16.1. The molecule has 0 fully saturated rings. The van der Waals surface area contributed by atoms with Crippen molar-refractivity contribution in [3.8, 4) is 0 Å². The van der Waals surface area contributed by atoms with Crippen LogP contribution in [-0.2, 0) is 0 Å². The molecule has 2 rings (SSSR count). The van der Waals surface area contributed by atoms with E-state index >= 15 is 0 Å². The normalized spacial score (nSPS) is 11.2. The van der Waals surface area contributed by atoms with Crippen LogP contribution in [0, 0.1) is 6.92 Å². The predicted molar refractivity (Wildman–Crippen MR) is 63.3 cm³/mol. The van der Waals surface area contributed by atoms with E-state index in [1.807, 2.05) is 49.6 Å². The first-order valence-electron chi connectivity index (χ1n) is 5.22. The fourth-order valence-corrected chi connectivity index (χ4v) is 2.04. The molecule has 0 saturated carbocycles. The third kappa shape index (κ3) is 1.56. The topological polar surface area (TPSA) is 22.0 Å². The third-order valence-electron chi connectivity index (χ3n) is 2.67. The van der Waals surface area contributed by atoms with Crippen molar-refractivity contribution in [1.82, 2.24) is 4.57 Å². The Balaban J connectivity index is 2.91. The van der Waals surface area contributed by atoms with Crippen molar-refractivity contribution in [2.45, 2.75) is 26.8 Å². The Hall–Kier alpha value is -1.57. The molecule has 0 saturated heterocycles. The summed E-state index contributed by atoms with van der Waals surface area (Å²) in [5.74, 6) is 0. The SMILES string of the molecule is Cc1cc2ccccc2c(=O)n1C(C)C. The van der Waals surface area contributed by atoms with Gasteiger partial charge in [-0.05, 0) is 38.3 Å². The average Bonchev–Trinajstić information content (AvgIpc) is 2.17. The van der Waals surface area contributed by atoms with E-state index in [1.165, 1.54) is 0 Å². The molecule has 0 atom stereocenters. The number of nitrogens with zero attached hydrogens (tertiary/aromatic N) is 1. The number of aryl methyl sites for hydroxylation is 1. The second-order valence-electron chi connectivity index (χ2n) is 4.14. The Morgan fingerprint density at radius 1 is 1.20 bits per heavy atom. The van der Waals surface area contributed by atoms with Crippen LogP contribution < -0.4 is 5.56 Å². The van der Waals surface area contributed by atoms with Gasteiger partial charge in [-0.15, -0.1) is 0 Å². The van der Waals surface area contributed by atoms with Gasteiger partial charge in [-0.25, -0.2) is 0 Å². The summed E-state index contributed by atoms with van der Waals surface area (Å²) in [4.78, 5) is 12.2. The number of pyridine rings is 1. The number of hydrogen-bond acceptors (Lipinski definition) is 1. The summed E-state index contributed by atoms with van der Waals surface area (Å²) in [5, 5.41) is 1.83. The molecule has 2 aromatic rings. The highest BCUT2D eigenvalue weighted by Gasteiger charge is 2.07. The van der Waals surface area contributed by atoms with Gasteiger partial charge >= 0.3 is 0 Å². The zero-order valence-corrected chi connectivity index (χ0v) is 9.32. The highest BCUT2D eigenvalue weighted by Crippen LogP contribution is 2.14. The summed E-state index contributed by atoms with van der Waals surface area (Å²) in [6.07, 6.45) is 0. The fourth-order valence-electron chi connectivity index (χ4n) is 2.04. The lowest BCUT2D eigenvalue weighted by Crippen LogP contribution is -2.23. The van der Waals surface area contributed by atoms with Gasteiger partial charge in [-0.3, -0.25) is 4.79 Å². The van der Waals surface area contributed by atoms with Gasteiger partial charge in [0.1, 0.15) is 0 Å². The minimum absolute atomic E-state index is 0.112. The van der Waals surface area contributed by atoms with Gasteiger partial charge in [-0.1, -0.05) is 18.2 Å². The van der Waals surface area contributed by atoms with Crippen LogP contribution >= 0.6 is 0 Å². The highest BCUT2D eigenvalue weighted by molar-refractivity contribution is 5.81. The summed E-state index contributed by atoms with van der Waals surface area (Å²) < 4.78 is 1.84. The molecular weight excluding hydrogens is 186 g/mol. The van der Waals surface area contributed by atoms with Gasteiger partial charge < -0.3 is 4.57 Å². The van der Waals surface area contributed by atoms with E-state index in [-0.39, 0.29) is 11.6 Å². The van der Waals surface area contributed by atoms with Crippen molar-refractivity contribution in [3.05, 3.63) is 46.4 Å². The quantitative estimate of drug-likeness (QED) is 0.695. The Bertz CT molecular complexity index is 552. The lowest BCUT2D eigenvalue weighted by atomic mass is 10.1. The van der Waals surface area contributed by atoms with E-state index in [0.29, 0.717) is 0 Å². The summed E-state index contributed by atoms with van der Waals surface area (Å²) >= 11 is 0. The zero-order valence-electron chi connectivity index (χ0n) is 9.32. The molecule has 2 heteroatoms. The molecule has 15 heavy (non-hydrogen) atoms. The van der Waals surface area contributed by atoms with Crippen LogP contribution in [0.3, 0.4) is 0 Å². The maximum absolute atomic E-state index is 12.2. The van der Waals surface area contributed by atoms with Gasteiger partial charge in [0.2, 0.25) is 0 Å². The van der Waals surface area contributed by atoms with Crippen molar-refractivity contribution < 1.29 is 0 Å². The first kappa shape index (κ1) is 9.97. The molecule has 0 amide bonds. The number of hydrogen-bond donors (Lipinski definition) is 0. The molecule has 0 radical (unpaired) electrons. The second kappa shape index (κ2) is 3.54. The van der Waals surface area contributed by atoms with Crippen molar-refractivity contribution in [1.29, 1.82) is 0 Å². The smallest absolute Gasteiger partial charge is 0.258 e. The fraction of sp³-hybridized carbons (Fsp3) is 0.308. The largest absolute Gasteiger partial charge is 0.310 e. The van der Waals surface area contributed by atoms with Crippen molar-refractivity contribution >= 4 is 10.8 Å². The maximum Gasteiger partial charge on any atom is 0.258 e. The summed E-state index contributed by atoms with van der Waals surface area (Å²) in [6, 6.07) is 10.0. The molecule has 78 valence electrons. The lowest BCUT2D eigenvalue weighted by molar-refractivity contribution is 0.567. The number of fused-ring (bicyclic) bond motifs is 1. The Morgan fingerprint density at radius 2 is 1.87 bits per heavy atom. The van der Waals surface area contributed by atoms with Crippen molar-refractivity contribution in [2.75, 3.05) is 0 Å². The molecule has 2 nitrogen and oxygen atoms in total.